The molecule has 0 saturated carbocycles. The molecule has 0 aliphatic carbocycles. The van der Waals surface area contributed by atoms with Gasteiger partial charge in [0.2, 0.25) is 5.91 Å². The molecule has 1 amide bonds. The summed E-state index contributed by atoms with van der Waals surface area (Å²) in [6.07, 6.45) is 0.979. The van der Waals surface area contributed by atoms with E-state index in [0.717, 1.165) is 0 Å². The van der Waals surface area contributed by atoms with Crippen molar-refractivity contribution in [3.8, 4) is 5.75 Å². The van der Waals surface area contributed by atoms with E-state index in [2.05, 4.69) is 5.43 Å². The number of carbonyl (C=O) groups excluding carboxylic acids is 1. The van der Waals surface area contributed by atoms with Crippen molar-refractivity contribution in [1.82, 2.24) is 5.43 Å². The molecule has 0 bridgehead atoms. The fraction of sp³-hybridized carbons (Fsp3) is 0.300. The van der Waals surface area contributed by atoms with E-state index in [1.807, 2.05) is 12.1 Å². The highest BCUT2D eigenvalue weighted by atomic mass is 35.5. The molecule has 0 heterocycles. The van der Waals surface area contributed by atoms with Crippen molar-refractivity contribution >= 4 is 17.5 Å². The molecule has 1 aromatic rings. The third kappa shape index (κ3) is 4.67. The van der Waals surface area contributed by atoms with Gasteiger partial charge in [-0.25, -0.2) is 5.84 Å². The molecule has 0 aliphatic heterocycles. The van der Waals surface area contributed by atoms with Gasteiger partial charge >= 0.3 is 0 Å². The third-order valence-corrected chi connectivity index (χ3v) is 2.01. The van der Waals surface area contributed by atoms with Crippen LogP contribution in [0.3, 0.4) is 0 Å². The van der Waals surface area contributed by atoms with Gasteiger partial charge in [-0.3, -0.25) is 10.2 Å². The SMILES string of the molecule is NNC(=O)CCCOc1cccc(Cl)c1. The van der Waals surface area contributed by atoms with E-state index in [4.69, 9.17) is 22.2 Å². The van der Waals surface area contributed by atoms with E-state index in [0.29, 0.717) is 30.2 Å². The molecule has 5 heteroatoms. The molecule has 1 rings (SSSR count). The van der Waals surface area contributed by atoms with Crippen molar-refractivity contribution in [2.24, 2.45) is 5.84 Å². The lowest BCUT2D eigenvalue weighted by atomic mass is 10.3. The Labute approximate surface area is 93.3 Å². The molecule has 4 nitrogen and oxygen atoms in total. The van der Waals surface area contributed by atoms with Gasteiger partial charge in [-0.15, -0.1) is 0 Å². The van der Waals surface area contributed by atoms with Crippen LogP contribution < -0.4 is 16.0 Å². The lowest BCUT2D eigenvalue weighted by Gasteiger charge is -2.05. The largest absolute Gasteiger partial charge is 0.494 e. The number of benzene rings is 1. The Morgan fingerprint density at radius 3 is 3.00 bits per heavy atom. The Morgan fingerprint density at radius 2 is 2.33 bits per heavy atom. The lowest BCUT2D eigenvalue weighted by Crippen LogP contribution is -2.29. The second kappa shape index (κ2) is 6.27. The van der Waals surface area contributed by atoms with Gasteiger partial charge in [0.25, 0.3) is 0 Å². The van der Waals surface area contributed by atoms with Crippen molar-refractivity contribution in [3.05, 3.63) is 29.3 Å². The highest BCUT2D eigenvalue weighted by Crippen LogP contribution is 2.17. The molecule has 0 unspecified atom stereocenters. The van der Waals surface area contributed by atoms with Crippen LogP contribution in [0.25, 0.3) is 0 Å². The Balaban J connectivity index is 2.23. The van der Waals surface area contributed by atoms with Crippen LogP contribution in [0.15, 0.2) is 24.3 Å². The summed E-state index contributed by atoms with van der Waals surface area (Å²) in [4.78, 5) is 10.8. The van der Waals surface area contributed by atoms with Crippen LogP contribution in [0.4, 0.5) is 0 Å². The molecular formula is C10H13ClN2O2. The van der Waals surface area contributed by atoms with Gasteiger partial charge in [0.1, 0.15) is 5.75 Å². The van der Waals surface area contributed by atoms with E-state index >= 15 is 0 Å². The minimum atomic E-state index is -0.190. The van der Waals surface area contributed by atoms with Gasteiger partial charge in [0, 0.05) is 11.4 Å². The summed E-state index contributed by atoms with van der Waals surface area (Å²) in [6, 6.07) is 7.12. The van der Waals surface area contributed by atoms with E-state index < -0.39 is 0 Å². The number of nitrogens with one attached hydrogen (secondary N) is 1. The topological polar surface area (TPSA) is 64.3 Å². The average molecular weight is 229 g/mol. The molecule has 3 N–H and O–H groups in total. The molecule has 0 spiro atoms. The highest BCUT2D eigenvalue weighted by molar-refractivity contribution is 6.30. The minimum Gasteiger partial charge on any atom is -0.494 e. The van der Waals surface area contributed by atoms with Crippen molar-refractivity contribution < 1.29 is 9.53 Å². The first-order valence-electron chi connectivity index (χ1n) is 4.60. The maximum atomic E-state index is 10.8. The molecule has 15 heavy (non-hydrogen) atoms. The van der Waals surface area contributed by atoms with Gasteiger partial charge in [0.15, 0.2) is 0 Å². The number of carbonyl (C=O) groups is 1. The molecule has 0 radical (unpaired) electrons. The van der Waals surface area contributed by atoms with E-state index in [-0.39, 0.29) is 5.91 Å². The fourth-order valence-corrected chi connectivity index (χ4v) is 1.23. The Hall–Kier alpha value is -1.26. The molecule has 0 fully saturated rings. The lowest BCUT2D eigenvalue weighted by molar-refractivity contribution is -0.121. The van der Waals surface area contributed by atoms with E-state index in [9.17, 15) is 4.79 Å². The van der Waals surface area contributed by atoms with Crippen molar-refractivity contribution in [3.63, 3.8) is 0 Å². The molecule has 0 saturated heterocycles. The van der Waals surface area contributed by atoms with Gasteiger partial charge in [0.05, 0.1) is 6.61 Å². The minimum absolute atomic E-state index is 0.190. The van der Waals surface area contributed by atoms with Crippen LogP contribution >= 0.6 is 11.6 Å². The quantitative estimate of drug-likeness (QED) is 0.347. The molecule has 82 valence electrons. The summed E-state index contributed by atoms with van der Waals surface area (Å²) in [6.45, 7) is 0.466. The first kappa shape index (κ1) is 11.8. The second-order valence-electron chi connectivity index (χ2n) is 2.98. The Morgan fingerprint density at radius 1 is 1.53 bits per heavy atom. The zero-order valence-electron chi connectivity index (χ0n) is 8.20. The number of hydrogen-bond acceptors (Lipinski definition) is 3. The fourth-order valence-electron chi connectivity index (χ4n) is 1.05. The second-order valence-corrected chi connectivity index (χ2v) is 3.41. The number of rotatable bonds is 5. The van der Waals surface area contributed by atoms with Crippen molar-refractivity contribution in [2.45, 2.75) is 12.8 Å². The van der Waals surface area contributed by atoms with Gasteiger partial charge in [-0.1, -0.05) is 17.7 Å². The molecule has 0 aromatic heterocycles. The summed E-state index contributed by atoms with van der Waals surface area (Å²) < 4.78 is 5.38. The van der Waals surface area contributed by atoms with Gasteiger partial charge < -0.3 is 4.74 Å². The molecule has 0 aliphatic rings. The van der Waals surface area contributed by atoms with Crippen molar-refractivity contribution in [1.29, 1.82) is 0 Å². The summed E-state index contributed by atoms with van der Waals surface area (Å²) in [5.74, 6) is 5.44. The first-order chi connectivity index (χ1) is 7.22. The van der Waals surface area contributed by atoms with E-state index in [1.54, 1.807) is 12.1 Å². The van der Waals surface area contributed by atoms with Crippen LogP contribution in [-0.4, -0.2) is 12.5 Å². The van der Waals surface area contributed by atoms with Crippen LogP contribution in [0.5, 0.6) is 5.75 Å². The van der Waals surface area contributed by atoms with Crippen LogP contribution in [0, 0.1) is 0 Å². The number of halogens is 1. The average Bonchev–Trinajstić information content (AvgIpc) is 2.24. The number of ether oxygens (including phenoxy) is 1. The number of hydrazine groups is 1. The predicted octanol–water partition coefficient (Wildman–Crippen LogP) is 1.49. The Kier molecular flexibility index (Phi) is 4.93. The van der Waals surface area contributed by atoms with Crippen LogP contribution in [-0.2, 0) is 4.79 Å². The Bertz CT molecular complexity index is 331. The maximum absolute atomic E-state index is 10.8. The monoisotopic (exact) mass is 228 g/mol. The highest BCUT2D eigenvalue weighted by Gasteiger charge is 1.99. The first-order valence-corrected chi connectivity index (χ1v) is 4.98. The third-order valence-electron chi connectivity index (χ3n) is 1.77. The number of hydrogen-bond donors (Lipinski definition) is 2. The number of amides is 1. The summed E-state index contributed by atoms with van der Waals surface area (Å²) in [7, 11) is 0. The van der Waals surface area contributed by atoms with E-state index in [1.165, 1.54) is 0 Å². The zero-order chi connectivity index (χ0) is 11.1. The standard InChI is InChI=1S/C10H13ClN2O2/c11-8-3-1-4-9(7-8)15-6-2-5-10(14)13-12/h1,3-4,7H,2,5-6,12H2,(H,13,14). The summed E-state index contributed by atoms with van der Waals surface area (Å²) in [5, 5.41) is 0.632. The molecule has 0 atom stereocenters. The smallest absolute Gasteiger partial charge is 0.234 e. The molecule has 1 aromatic carbocycles. The maximum Gasteiger partial charge on any atom is 0.234 e. The molecular weight excluding hydrogens is 216 g/mol. The zero-order valence-corrected chi connectivity index (χ0v) is 8.96. The van der Waals surface area contributed by atoms with Crippen LogP contribution in [0.2, 0.25) is 5.02 Å². The van der Waals surface area contributed by atoms with Gasteiger partial charge in [-0.05, 0) is 24.6 Å². The summed E-state index contributed by atoms with van der Waals surface area (Å²) >= 11 is 5.77. The van der Waals surface area contributed by atoms with Crippen molar-refractivity contribution in [2.75, 3.05) is 6.61 Å². The summed E-state index contributed by atoms with van der Waals surface area (Å²) in [5.41, 5.74) is 2.06. The van der Waals surface area contributed by atoms with Crippen LogP contribution in [0.1, 0.15) is 12.8 Å². The normalized spacial score (nSPS) is 9.73. The predicted molar refractivity (Wildman–Crippen MR) is 58.5 cm³/mol. The van der Waals surface area contributed by atoms with Gasteiger partial charge in [-0.2, -0.15) is 0 Å². The number of nitrogens with two attached hydrogens (primary N) is 1.